The van der Waals surface area contributed by atoms with Gasteiger partial charge in [-0.3, -0.25) is 9.32 Å². The molecule has 1 fully saturated rings. The number of rotatable bonds is 6. The van der Waals surface area contributed by atoms with Gasteiger partial charge in [0.25, 0.3) is 5.91 Å². The molecule has 16 nitrogen and oxygen atoms in total. The van der Waals surface area contributed by atoms with E-state index in [2.05, 4.69) is 24.1 Å². The molecule has 32 heavy (non-hydrogen) atoms. The first-order valence-corrected chi connectivity index (χ1v) is 11.8. The number of phosphoric acid groups is 2. The summed E-state index contributed by atoms with van der Waals surface area (Å²) in [5.74, 6) is -0.338. The van der Waals surface area contributed by atoms with Crippen LogP contribution in [0.15, 0.2) is 18.6 Å². The fourth-order valence-corrected chi connectivity index (χ4v) is 4.99. The molecular formula is C14H17N5O11P2. The van der Waals surface area contributed by atoms with Crippen LogP contribution in [-0.2, 0) is 27.5 Å². The third-order valence-corrected chi connectivity index (χ3v) is 6.82. The second-order valence-electron chi connectivity index (χ2n) is 6.84. The Morgan fingerprint density at radius 2 is 1.94 bits per heavy atom. The zero-order valence-corrected chi connectivity index (χ0v) is 17.5. The number of nitrogens with two attached hydrogens (primary N) is 1. The van der Waals surface area contributed by atoms with E-state index in [4.69, 9.17) is 20.3 Å². The number of anilines is 1. The molecule has 4 rings (SSSR count). The van der Waals surface area contributed by atoms with Crippen LogP contribution in [0.5, 0.6) is 0 Å². The second kappa shape index (κ2) is 7.97. The molecule has 4 heterocycles. The highest BCUT2D eigenvalue weighted by Crippen LogP contribution is 2.57. The van der Waals surface area contributed by atoms with E-state index in [1.165, 1.54) is 10.8 Å². The van der Waals surface area contributed by atoms with Gasteiger partial charge in [0.2, 0.25) is 0 Å². The van der Waals surface area contributed by atoms with Gasteiger partial charge in [-0.15, -0.1) is 0 Å². The molecule has 5 atom stereocenters. The van der Waals surface area contributed by atoms with E-state index in [0.29, 0.717) is 10.9 Å². The second-order valence-corrected chi connectivity index (χ2v) is 9.67. The van der Waals surface area contributed by atoms with Crippen LogP contribution in [-0.4, -0.2) is 70.3 Å². The molecule has 18 heteroatoms. The maximum absolute atomic E-state index is 11.9. The van der Waals surface area contributed by atoms with Crippen molar-refractivity contribution in [2.75, 3.05) is 11.9 Å². The van der Waals surface area contributed by atoms with E-state index in [9.17, 15) is 29.0 Å². The Hall–Kier alpha value is -2.23. The van der Waals surface area contributed by atoms with Crippen molar-refractivity contribution >= 4 is 44.1 Å². The summed E-state index contributed by atoms with van der Waals surface area (Å²) in [6.45, 7) is -0.854. The predicted octanol–water partition coefficient (Wildman–Crippen LogP) is -1.47. The van der Waals surface area contributed by atoms with Crippen LogP contribution in [0.1, 0.15) is 11.8 Å². The van der Waals surface area contributed by atoms with E-state index < -0.39 is 52.7 Å². The van der Waals surface area contributed by atoms with Gasteiger partial charge in [0.05, 0.1) is 12.0 Å². The maximum Gasteiger partial charge on any atom is 0.481 e. The van der Waals surface area contributed by atoms with Gasteiger partial charge in [-0.1, -0.05) is 0 Å². The van der Waals surface area contributed by atoms with Crippen molar-refractivity contribution in [3.05, 3.63) is 24.2 Å². The van der Waals surface area contributed by atoms with Crippen molar-refractivity contribution in [1.29, 1.82) is 0 Å². The molecular weight excluding hydrogens is 476 g/mol. The Bertz CT molecular complexity index is 1210. The minimum absolute atomic E-state index is 0.0866. The number of carbonyl (C=O) groups is 1. The normalized spacial score (nSPS) is 27.7. The summed E-state index contributed by atoms with van der Waals surface area (Å²) in [6.07, 6.45) is -2.16. The molecule has 0 bridgehead atoms. The fourth-order valence-electron chi connectivity index (χ4n) is 3.39. The largest absolute Gasteiger partial charge is 0.481 e. The van der Waals surface area contributed by atoms with E-state index in [1.807, 2.05) is 0 Å². The number of aliphatic hydroxyl groups is 2. The summed E-state index contributed by atoms with van der Waals surface area (Å²) in [7, 11) is -10.5. The van der Waals surface area contributed by atoms with Crippen LogP contribution in [0.2, 0.25) is 0 Å². The fraction of sp³-hybridized carbons (Fsp3) is 0.357. The molecule has 0 radical (unpaired) electrons. The lowest BCUT2D eigenvalue weighted by Gasteiger charge is -2.18. The van der Waals surface area contributed by atoms with Gasteiger partial charge in [-0.25, -0.2) is 19.1 Å². The highest BCUT2D eigenvalue weighted by molar-refractivity contribution is 7.60. The number of aromatic nitrogens is 3. The number of nitrogens with one attached hydrogen (secondary N) is 1. The number of hydrogen-bond acceptors (Lipinski definition) is 11. The quantitative estimate of drug-likeness (QED) is 0.227. The van der Waals surface area contributed by atoms with Crippen LogP contribution >= 0.6 is 15.6 Å². The van der Waals surface area contributed by atoms with Crippen molar-refractivity contribution < 1.29 is 52.4 Å². The molecule has 0 aliphatic carbocycles. The van der Waals surface area contributed by atoms with Crippen molar-refractivity contribution in [3.8, 4) is 0 Å². The van der Waals surface area contributed by atoms with Crippen molar-refractivity contribution in [2.24, 2.45) is 5.73 Å². The van der Waals surface area contributed by atoms with Crippen LogP contribution in [0.25, 0.3) is 16.7 Å². The third kappa shape index (κ3) is 4.33. The first-order valence-electron chi connectivity index (χ1n) is 8.76. The van der Waals surface area contributed by atoms with Gasteiger partial charge >= 0.3 is 15.6 Å². The molecule has 0 spiro atoms. The SMILES string of the molecule is NC1=CC(=O)Nc2ncnc3c2c1cn3[C@@H]1O[C@H](COP(=O)(O)OP(=O)(O)O)[C@@H](O)[C@H]1O. The van der Waals surface area contributed by atoms with Crippen molar-refractivity contribution in [1.82, 2.24) is 14.5 Å². The van der Waals surface area contributed by atoms with Crippen LogP contribution < -0.4 is 11.1 Å². The van der Waals surface area contributed by atoms with Gasteiger partial charge in [0.1, 0.15) is 36.1 Å². The molecule has 2 aliphatic heterocycles. The first kappa shape index (κ1) is 22.9. The lowest BCUT2D eigenvalue weighted by Crippen LogP contribution is -2.33. The molecule has 1 saturated heterocycles. The number of carbonyl (C=O) groups excluding carboxylic acids is 1. The third-order valence-electron chi connectivity index (χ3n) is 4.67. The lowest BCUT2D eigenvalue weighted by atomic mass is 10.1. The molecule has 0 saturated carbocycles. The van der Waals surface area contributed by atoms with Crippen LogP contribution in [0, 0.1) is 0 Å². The number of amides is 1. The van der Waals surface area contributed by atoms with Crippen molar-refractivity contribution in [2.45, 2.75) is 24.5 Å². The Labute approximate surface area is 178 Å². The van der Waals surface area contributed by atoms with Crippen LogP contribution in [0.4, 0.5) is 5.82 Å². The maximum atomic E-state index is 11.9. The Morgan fingerprint density at radius 3 is 2.62 bits per heavy atom. The molecule has 8 N–H and O–H groups in total. The summed E-state index contributed by atoms with van der Waals surface area (Å²) in [5, 5.41) is 23.7. The van der Waals surface area contributed by atoms with Gasteiger partial charge in [0.15, 0.2) is 6.23 Å². The molecule has 174 valence electrons. The zero-order valence-electron chi connectivity index (χ0n) is 15.7. The summed E-state index contributed by atoms with van der Waals surface area (Å²) in [4.78, 5) is 46.7. The molecule has 1 unspecified atom stereocenters. The Kier molecular flexibility index (Phi) is 5.71. The van der Waals surface area contributed by atoms with Crippen molar-refractivity contribution in [3.63, 3.8) is 0 Å². The molecule has 0 aromatic carbocycles. The van der Waals surface area contributed by atoms with Gasteiger partial charge in [-0.2, -0.15) is 4.31 Å². The summed E-state index contributed by atoms with van der Waals surface area (Å²) < 4.78 is 37.4. The molecule has 2 aromatic heterocycles. The highest BCUT2D eigenvalue weighted by atomic mass is 31.3. The average Bonchev–Trinajstić information content (AvgIpc) is 3.13. The number of phosphoric ester groups is 1. The topological polar surface area (TPSA) is 249 Å². The average molecular weight is 493 g/mol. The van der Waals surface area contributed by atoms with Crippen LogP contribution in [0.3, 0.4) is 0 Å². The summed E-state index contributed by atoms with van der Waals surface area (Å²) in [6, 6.07) is 0. The molecule has 1 amide bonds. The Morgan fingerprint density at radius 1 is 1.22 bits per heavy atom. The number of hydrogen-bond donors (Lipinski definition) is 7. The number of ether oxygens (including phenoxy) is 1. The van der Waals surface area contributed by atoms with Gasteiger partial charge in [0, 0.05) is 23.5 Å². The van der Waals surface area contributed by atoms with E-state index in [1.54, 1.807) is 0 Å². The minimum atomic E-state index is -5.33. The van der Waals surface area contributed by atoms with Gasteiger partial charge < -0.3 is 45.2 Å². The standard InChI is InChI=1S/C14H17N5O11P2/c15-6-1-8(20)18-12-9-5(6)2-19(13(9)17-4-16-12)14-11(22)10(21)7(29-14)3-28-32(26,27)30-31(23,24)25/h1-2,4,7,10-11,14,21-22H,3,15H2,(H,26,27)(H2,23,24,25)(H,16,17,18,20)/t7-,10-,11-,14-/m1/s1. The van der Waals surface area contributed by atoms with E-state index in [0.717, 1.165) is 12.4 Å². The highest BCUT2D eigenvalue weighted by Gasteiger charge is 2.46. The van der Waals surface area contributed by atoms with E-state index >= 15 is 0 Å². The summed E-state index contributed by atoms with van der Waals surface area (Å²) >= 11 is 0. The van der Waals surface area contributed by atoms with Gasteiger partial charge in [-0.05, 0) is 0 Å². The predicted molar refractivity (Wildman–Crippen MR) is 103 cm³/mol. The number of nitrogens with zero attached hydrogens (tertiary/aromatic N) is 3. The monoisotopic (exact) mass is 493 g/mol. The first-order chi connectivity index (χ1) is 14.9. The molecule has 2 aromatic rings. The zero-order chi connectivity index (χ0) is 23.4. The lowest BCUT2D eigenvalue weighted by molar-refractivity contribution is -0.111. The minimum Gasteiger partial charge on any atom is -0.398 e. The van der Waals surface area contributed by atoms with E-state index in [-0.39, 0.29) is 17.2 Å². The Balaban J connectivity index is 1.62. The smallest absolute Gasteiger partial charge is 0.398 e. The summed E-state index contributed by atoms with van der Waals surface area (Å²) in [5.41, 5.74) is 6.60. The molecule has 2 aliphatic rings. The number of aliphatic hydroxyl groups excluding tert-OH is 2.